The van der Waals surface area contributed by atoms with Crippen LogP contribution >= 0.6 is 0 Å². The number of benzene rings is 1. The first-order valence-corrected chi connectivity index (χ1v) is 13.7. The van der Waals surface area contributed by atoms with Crippen LogP contribution in [0.1, 0.15) is 20.8 Å². The Morgan fingerprint density at radius 3 is 2.71 bits per heavy atom. The van der Waals surface area contributed by atoms with Gasteiger partial charge in [0.2, 0.25) is 0 Å². The molecule has 7 rings (SSSR count). The van der Waals surface area contributed by atoms with Crippen molar-refractivity contribution in [2.75, 3.05) is 36.5 Å². The Morgan fingerprint density at radius 2 is 1.88 bits per heavy atom. The molecule has 1 N–H and O–H groups in total. The Bertz CT molecular complexity index is 1780. The lowest BCUT2D eigenvalue weighted by molar-refractivity contribution is 0.00974. The summed E-state index contributed by atoms with van der Waals surface area (Å²) in [6.45, 7) is 7.65. The van der Waals surface area contributed by atoms with Gasteiger partial charge < -0.3 is 24.4 Å². The van der Waals surface area contributed by atoms with E-state index < -0.39 is 5.60 Å². The average molecular weight is 568 g/mol. The number of ether oxygens (including phenoxy) is 3. The smallest absolute Gasteiger partial charge is 0.410 e. The van der Waals surface area contributed by atoms with Gasteiger partial charge >= 0.3 is 6.09 Å². The molecular weight excluding hydrogens is 538 g/mol. The summed E-state index contributed by atoms with van der Waals surface area (Å²) in [4.78, 5) is 34.8. The number of carbonyl (C=O) groups excluding carboxylic acids is 1. The van der Waals surface area contributed by atoms with Crippen LogP contribution < -0.4 is 19.7 Å². The van der Waals surface area contributed by atoms with Crippen molar-refractivity contribution in [3.63, 3.8) is 0 Å². The molecule has 0 unspecified atom stereocenters. The lowest BCUT2D eigenvalue weighted by Gasteiger charge is -2.39. The van der Waals surface area contributed by atoms with Gasteiger partial charge in [-0.25, -0.2) is 29.2 Å². The number of rotatable bonds is 4. The number of nitrogens with zero attached hydrogens (tertiary/aromatic N) is 8. The van der Waals surface area contributed by atoms with Crippen LogP contribution in [0.3, 0.4) is 0 Å². The number of fused-ring (bicyclic) bond motifs is 6. The monoisotopic (exact) mass is 567 g/mol. The zero-order valence-corrected chi connectivity index (χ0v) is 23.4. The van der Waals surface area contributed by atoms with Gasteiger partial charge in [-0.2, -0.15) is 5.10 Å². The fourth-order valence-electron chi connectivity index (χ4n) is 5.06. The SMILES string of the molecule is CC(C)(C)OC(=O)N1CCN2C[C@H]1COc1cc3ncnc(Nc4ccc(Oc5ccn6ncnc6c5)cc4)c3nc12. The van der Waals surface area contributed by atoms with Gasteiger partial charge in [0, 0.05) is 43.7 Å². The first kappa shape index (κ1) is 25.7. The van der Waals surface area contributed by atoms with Gasteiger partial charge in [-0.15, -0.1) is 0 Å². The maximum Gasteiger partial charge on any atom is 0.410 e. The lowest BCUT2D eigenvalue weighted by Crippen LogP contribution is -2.57. The van der Waals surface area contributed by atoms with Gasteiger partial charge in [-0.1, -0.05) is 0 Å². The quantitative estimate of drug-likeness (QED) is 0.331. The van der Waals surface area contributed by atoms with E-state index in [0.29, 0.717) is 71.8 Å². The molecule has 5 aromatic rings. The minimum atomic E-state index is -0.564. The Labute approximate surface area is 241 Å². The van der Waals surface area contributed by atoms with Crippen LogP contribution in [0.15, 0.2) is 61.3 Å². The maximum absolute atomic E-state index is 12.8. The highest BCUT2D eigenvalue weighted by Gasteiger charge is 2.37. The molecule has 13 heteroatoms. The van der Waals surface area contributed by atoms with Gasteiger partial charge in [-0.3, -0.25) is 4.90 Å². The topological polar surface area (TPSA) is 132 Å². The zero-order chi connectivity index (χ0) is 28.8. The Morgan fingerprint density at radius 1 is 1.02 bits per heavy atom. The minimum absolute atomic E-state index is 0.159. The fraction of sp³-hybridized carbons (Fsp3) is 0.310. The minimum Gasteiger partial charge on any atom is -0.487 e. The summed E-state index contributed by atoms with van der Waals surface area (Å²) in [5, 5.41) is 7.46. The van der Waals surface area contributed by atoms with Crippen LogP contribution in [0, 0.1) is 0 Å². The standard InChI is InChI=1S/C29H29N9O4/c1-29(2,3)42-28(39)37-11-10-36-14-19(37)15-40-23-13-22-25(35-27(23)36)26(32-16-30-22)34-18-4-6-20(7-5-18)41-21-8-9-38-24(12-21)31-17-33-38/h4-9,12-13,16-17,19H,10-11,14-15H2,1-3H3,(H,30,32,34)/t19-/m0/s1. The van der Waals surface area contributed by atoms with Gasteiger partial charge in [0.1, 0.15) is 41.9 Å². The number of piperazine rings is 1. The molecule has 0 saturated carbocycles. The van der Waals surface area contributed by atoms with Crippen molar-refractivity contribution in [2.45, 2.75) is 32.4 Å². The summed E-state index contributed by atoms with van der Waals surface area (Å²) in [6.07, 6.45) is 4.47. The summed E-state index contributed by atoms with van der Waals surface area (Å²) in [5.41, 5.74) is 2.23. The molecule has 2 bridgehead atoms. The fourth-order valence-corrected chi connectivity index (χ4v) is 5.06. The van der Waals surface area contributed by atoms with Crippen molar-refractivity contribution in [3.05, 3.63) is 61.3 Å². The third kappa shape index (κ3) is 5.04. The average Bonchev–Trinajstić information content (AvgIpc) is 3.39. The number of hydrogen-bond acceptors (Lipinski definition) is 11. The molecule has 0 spiro atoms. The van der Waals surface area contributed by atoms with Gasteiger partial charge in [-0.05, 0) is 51.1 Å². The second kappa shape index (κ2) is 10.0. The molecule has 2 aliphatic heterocycles. The molecule has 42 heavy (non-hydrogen) atoms. The van der Waals surface area contributed by atoms with E-state index in [0.717, 1.165) is 5.69 Å². The van der Waals surface area contributed by atoms with Gasteiger partial charge in [0.15, 0.2) is 23.0 Å². The molecule has 0 radical (unpaired) electrons. The van der Waals surface area contributed by atoms with Gasteiger partial charge in [0.25, 0.3) is 0 Å². The van der Waals surface area contributed by atoms with Crippen LogP contribution in [-0.4, -0.2) is 78.4 Å². The summed E-state index contributed by atoms with van der Waals surface area (Å²) in [5.74, 6) is 3.26. The molecule has 1 amide bonds. The first-order chi connectivity index (χ1) is 20.3. The van der Waals surface area contributed by atoms with Crippen LogP contribution in [0.2, 0.25) is 0 Å². The number of nitrogens with one attached hydrogen (secondary N) is 1. The third-order valence-corrected chi connectivity index (χ3v) is 7.00. The highest BCUT2D eigenvalue weighted by Crippen LogP contribution is 2.36. The van der Waals surface area contributed by atoms with Crippen molar-refractivity contribution < 1.29 is 19.0 Å². The van der Waals surface area contributed by atoms with E-state index in [-0.39, 0.29) is 12.1 Å². The first-order valence-electron chi connectivity index (χ1n) is 13.7. The van der Waals surface area contributed by atoms with Crippen LogP contribution in [-0.2, 0) is 4.74 Å². The number of pyridine rings is 2. The van der Waals surface area contributed by atoms with Crippen molar-refractivity contribution in [2.24, 2.45) is 0 Å². The van der Waals surface area contributed by atoms with E-state index in [1.54, 1.807) is 15.6 Å². The van der Waals surface area contributed by atoms with E-state index in [1.165, 1.54) is 12.7 Å². The summed E-state index contributed by atoms with van der Waals surface area (Å²) < 4.78 is 19.5. The zero-order valence-electron chi connectivity index (χ0n) is 23.4. The largest absolute Gasteiger partial charge is 0.487 e. The van der Waals surface area contributed by atoms with Crippen molar-refractivity contribution in [1.82, 2.24) is 34.4 Å². The number of aromatic nitrogens is 6. The van der Waals surface area contributed by atoms with Gasteiger partial charge in [0.05, 0.1) is 11.6 Å². The summed E-state index contributed by atoms with van der Waals surface area (Å²) in [6, 6.07) is 12.9. The number of hydrogen-bond donors (Lipinski definition) is 1. The van der Waals surface area contributed by atoms with E-state index in [2.05, 4.69) is 30.3 Å². The van der Waals surface area contributed by atoms with Crippen LogP contribution in [0.4, 0.5) is 22.1 Å². The molecule has 0 aliphatic carbocycles. The van der Waals surface area contributed by atoms with E-state index in [4.69, 9.17) is 19.2 Å². The van der Waals surface area contributed by atoms with Crippen molar-refractivity contribution >= 4 is 40.1 Å². The number of anilines is 3. The second-order valence-corrected chi connectivity index (χ2v) is 11.2. The van der Waals surface area contributed by atoms with E-state index in [9.17, 15) is 4.79 Å². The molecule has 4 aromatic heterocycles. The Hall–Kier alpha value is -5.20. The van der Waals surface area contributed by atoms with E-state index >= 15 is 0 Å². The molecule has 13 nitrogen and oxygen atoms in total. The predicted octanol–water partition coefficient (Wildman–Crippen LogP) is 4.42. The van der Waals surface area contributed by atoms with Crippen LogP contribution in [0.25, 0.3) is 16.7 Å². The highest BCUT2D eigenvalue weighted by molar-refractivity contribution is 5.90. The number of amides is 1. The third-order valence-electron chi connectivity index (χ3n) is 7.00. The van der Waals surface area contributed by atoms with Crippen molar-refractivity contribution in [1.29, 1.82) is 0 Å². The lowest BCUT2D eigenvalue weighted by atomic mass is 10.2. The molecule has 1 fully saturated rings. The second-order valence-electron chi connectivity index (χ2n) is 11.2. The Balaban J connectivity index is 1.10. The van der Waals surface area contributed by atoms with Crippen molar-refractivity contribution in [3.8, 4) is 17.2 Å². The molecule has 2 aliphatic rings. The molecule has 1 saturated heterocycles. The molecule has 1 atom stereocenters. The molecule has 214 valence electrons. The van der Waals surface area contributed by atoms with E-state index in [1.807, 2.05) is 63.2 Å². The Kier molecular flexibility index (Phi) is 6.14. The summed E-state index contributed by atoms with van der Waals surface area (Å²) >= 11 is 0. The maximum atomic E-state index is 12.8. The summed E-state index contributed by atoms with van der Waals surface area (Å²) in [7, 11) is 0. The molecule has 6 heterocycles. The molecular formula is C29H29N9O4. The normalized spacial score (nSPS) is 16.5. The predicted molar refractivity (Wildman–Crippen MR) is 155 cm³/mol. The highest BCUT2D eigenvalue weighted by atomic mass is 16.6. The molecule has 1 aromatic carbocycles. The van der Waals surface area contributed by atoms with Crippen LogP contribution in [0.5, 0.6) is 17.2 Å². The number of carbonyl (C=O) groups is 1.